The van der Waals surface area contributed by atoms with Crippen molar-refractivity contribution in [3.63, 3.8) is 0 Å². The average molecular weight is 325 g/mol. The minimum atomic E-state index is -0.553. The third kappa shape index (κ3) is 7.06. The maximum atomic E-state index is 12.1. The maximum Gasteiger partial charge on any atom is 0.408 e. The first kappa shape index (κ1) is 19.5. The smallest absolute Gasteiger partial charge is 0.408 e. The number of hydrogen-bond donors (Lipinski definition) is 1. The molecule has 0 radical (unpaired) electrons. The zero-order chi connectivity index (χ0) is 17.6. The molecule has 1 saturated heterocycles. The summed E-state index contributed by atoms with van der Waals surface area (Å²) in [5.41, 5.74) is -0.553. The molecule has 0 aromatic rings. The van der Waals surface area contributed by atoms with Gasteiger partial charge in [0.2, 0.25) is 0 Å². The second-order valence-corrected chi connectivity index (χ2v) is 7.57. The second kappa shape index (κ2) is 8.37. The van der Waals surface area contributed by atoms with Crippen LogP contribution in [0.4, 0.5) is 4.79 Å². The van der Waals surface area contributed by atoms with E-state index in [0.29, 0.717) is 12.3 Å². The van der Waals surface area contributed by atoms with Crippen molar-refractivity contribution in [3.8, 4) is 0 Å². The van der Waals surface area contributed by atoms with Crippen molar-refractivity contribution in [1.82, 2.24) is 5.32 Å². The molecule has 3 unspecified atom stereocenters. The van der Waals surface area contributed by atoms with Gasteiger partial charge in [-0.15, -0.1) is 6.58 Å². The van der Waals surface area contributed by atoms with Gasteiger partial charge in [-0.1, -0.05) is 19.9 Å². The lowest BCUT2D eigenvalue weighted by Crippen LogP contribution is -2.46. The number of ether oxygens (including phenoxy) is 2. The number of esters is 1. The van der Waals surface area contributed by atoms with Crippen LogP contribution >= 0.6 is 0 Å². The summed E-state index contributed by atoms with van der Waals surface area (Å²) in [7, 11) is 0. The van der Waals surface area contributed by atoms with Crippen LogP contribution in [0.5, 0.6) is 0 Å². The van der Waals surface area contributed by atoms with Gasteiger partial charge < -0.3 is 14.8 Å². The van der Waals surface area contributed by atoms with Gasteiger partial charge in [0.25, 0.3) is 0 Å². The lowest BCUT2D eigenvalue weighted by molar-refractivity contribution is -0.145. The third-order valence-corrected chi connectivity index (χ3v) is 3.93. The van der Waals surface area contributed by atoms with Crippen LogP contribution in [0.2, 0.25) is 0 Å². The van der Waals surface area contributed by atoms with E-state index in [2.05, 4.69) is 18.8 Å². The largest absolute Gasteiger partial charge is 0.460 e. The standard InChI is InChI=1S/C18H31NO4/c1-7-8-9-12(2)10-14(15-11-13(3)16(20)22-15)19-17(21)23-18(4,5)6/h7,12-15H,1,8-11H2,2-6H3,(H,19,21)/t12?,13?,14?,15-/m1/s1. The van der Waals surface area contributed by atoms with Gasteiger partial charge in [0, 0.05) is 0 Å². The van der Waals surface area contributed by atoms with Crippen molar-refractivity contribution in [3.05, 3.63) is 12.7 Å². The number of amides is 1. The second-order valence-electron chi connectivity index (χ2n) is 7.57. The Hall–Kier alpha value is -1.52. The maximum absolute atomic E-state index is 12.1. The van der Waals surface area contributed by atoms with Crippen LogP contribution < -0.4 is 5.32 Å². The fourth-order valence-electron chi connectivity index (χ4n) is 2.72. The molecule has 1 heterocycles. The number of carbonyl (C=O) groups is 2. The Morgan fingerprint density at radius 1 is 1.52 bits per heavy atom. The quantitative estimate of drug-likeness (QED) is 0.571. The topological polar surface area (TPSA) is 64.6 Å². The molecule has 4 atom stereocenters. The summed E-state index contributed by atoms with van der Waals surface area (Å²) in [6.45, 7) is 13.2. The monoisotopic (exact) mass is 325 g/mol. The van der Waals surface area contributed by atoms with E-state index in [4.69, 9.17) is 9.47 Å². The zero-order valence-corrected chi connectivity index (χ0v) is 15.1. The Morgan fingerprint density at radius 3 is 2.65 bits per heavy atom. The normalized spacial score (nSPS) is 23.8. The van der Waals surface area contributed by atoms with Gasteiger partial charge in [-0.3, -0.25) is 4.79 Å². The molecule has 0 aliphatic carbocycles. The summed E-state index contributed by atoms with van der Waals surface area (Å²) in [4.78, 5) is 23.8. The summed E-state index contributed by atoms with van der Waals surface area (Å²) in [5.74, 6) is 0.0821. The molecule has 0 aromatic heterocycles. The van der Waals surface area contributed by atoms with E-state index in [0.717, 1.165) is 19.3 Å². The van der Waals surface area contributed by atoms with Crippen LogP contribution in [-0.2, 0) is 14.3 Å². The van der Waals surface area contributed by atoms with Crippen molar-refractivity contribution in [2.24, 2.45) is 11.8 Å². The SMILES string of the molecule is C=CCCC(C)CC(NC(=O)OC(C)(C)C)[C@H]1CC(C)C(=O)O1. The Bertz CT molecular complexity index is 427. The summed E-state index contributed by atoms with van der Waals surface area (Å²) in [6, 6.07) is -0.224. The van der Waals surface area contributed by atoms with E-state index < -0.39 is 11.7 Å². The minimum Gasteiger partial charge on any atom is -0.460 e. The molecule has 1 aliphatic rings. The van der Waals surface area contributed by atoms with Gasteiger partial charge in [0.1, 0.15) is 11.7 Å². The number of cyclic esters (lactones) is 1. The molecule has 0 spiro atoms. The highest BCUT2D eigenvalue weighted by molar-refractivity contribution is 5.74. The van der Waals surface area contributed by atoms with Crippen LogP contribution in [0, 0.1) is 11.8 Å². The molecular formula is C18H31NO4. The fourth-order valence-corrected chi connectivity index (χ4v) is 2.72. The van der Waals surface area contributed by atoms with E-state index in [9.17, 15) is 9.59 Å². The fraction of sp³-hybridized carbons (Fsp3) is 0.778. The number of allylic oxidation sites excluding steroid dienone is 1. The highest BCUT2D eigenvalue weighted by Gasteiger charge is 2.38. The lowest BCUT2D eigenvalue weighted by Gasteiger charge is -2.28. The number of hydrogen-bond acceptors (Lipinski definition) is 4. The molecule has 0 saturated carbocycles. The summed E-state index contributed by atoms with van der Waals surface area (Å²) < 4.78 is 10.8. The number of rotatable bonds is 7. The number of alkyl carbamates (subject to hydrolysis) is 1. The molecule has 1 aliphatic heterocycles. The van der Waals surface area contributed by atoms with Crippen molar-refractivity contribution >= 4 is 12.1 Å². The highest BCUT2D eigenvalue weighted by Crippen LogP contribution is 2.27. The molecule has 5 nitrogen and oxygen atoms in total. The van der Waals surface area contributed by atoms with Crippen LogP contribution in [0.3, 0.4) is 0 Å². The summed E-state index contributed by atoms with van der Waals surface area (Å²) >= 11 is 0. The van der Waals surface area contributed by atoms with E-state index in [1.54, 1.807) is 0 Å². The Balaban J connectivity index is 2.70. The van der Waals surface area contributed by atoms with Gasteiger partial charge in [-0.25, -0.2) is 4.79 Å². The van der Waals surface area contributed by atoms with Crippen molar-refractivity contribution in [2.45, 2.75) is 78.0 Å². The predicted octanol–water partition coefficient (Wildman–Crippen LogP) is 3.82. The molecule has 1 fully saturated rings. The lowest BCUT2D eigenvalue weighted by atomic mass is 9.92. The Morgan fingerprint density at radius 2 is 2.17 bits per heavy atom. The first-order valence-electron chi connectivity index (χ1n) is 8.43. The van der Waals surface area contributed by atoms with Crippen LogP contribution in [0.25, 0.3) is 0 Å². The van der Waals surface area contributed by atoms with Gasteiger partial charge >= 0.3 is 12.1 Å². The molecular weight excluding hydrogens is 294 g/mol. The van der Waals surface area contributed by atoms with Crippen molar-refractivity contribution < 1.29 is 19.1 Å². The third-order valence-electron chi connectivity index (χ3n) is 3.93. The first-order valence-corrected chi connectivity index (χ1v) is 8.43. The molecule has 132 valence electrons. The molecule has 5 heteroatoms. The first-order chi connectivity index (χ1) is 10.6. The van der Waals surface area contributed by atoms with E-state index >= 15 is 0 Å². The molecule has 23 heavy (non-hydrogen) atoms. The van der Waals surface area contributed by atoms with Crippen molar-refractivity contribution in [2.75, 3.05) is 0 Å². The van der Waals surface area contributed by atoms with Gasteiger partial charge in [-0.05, 0) is 52.4 Å². The van der Waals surface area contributed by atoms with Crippen LogP contribution in [0.1, 0.15) is 60.3 Å². The highest BCUT2D eigenvalue weighted by atomic mass is 16.6. The molecule has 1 amide bonds. The Labute approximate surface area is 139 Å². The number of carbonyl (C=O) groups excluding carboxylic acids is 2. The molecule has 0 aromatic carbocycles. The van der Waals surface area contributed by atoms with E-state index in [1.165, 1.54) is 0 Å². The van der Waals surface area contributed by atoms with Crippen LogP contribution in [0.15, 0.2) is 12.7 Å². The molecule has 0 bridgehead atoms. The van der Waals surface area contributed by atoms with Gasteiger partial charge in [-0.2, -0.15) is 0 Å². The average Bonchev–Trinajstić information content (AvgIpc) is 2.73. The molecule has 1 N–H and O–H groups in total. The summed E-state index contributed by atoms with van der Waals surface area (Å²) in [5, 5.41) is 2.90. The summed E-state index contributed by atoms with van der Waals surface area (Å²) in [6.07, 6.45) is 4.45. The minimum absolute atomic E-state index is 0.119. The van der Waals surface area contributed by atoms with Crippen molar-refractivity contribution in [1.29, 1.82) is 0 Å². The predicted molar refractivity (Wildman–Crippen MR) is 90.0 cm³/mol. The Kier molecular flexibility index (Phi) is 7.10. The number of nitrogens with one attached hydrogen (secondary N) is 1. The molecule has 1 rings (SSSR count). The van der Waals surface area contributed by atoms with E-state index in [-0.39, 0.29) is 24.0 Å². The van der Waals surface area contributed by atoms with Crippen LogP contribution in [-0.4, -0.2) is 29.8 Å². The zero-order valence-electron chi connectivity index (χ0n) is 15.1. The van der Waals surface area contributed by atoms with Gasteiger partial charge in [0.05, 0.1) is 12.0 Å². The van der Waals surface area contributed by atoms with E-state index in [1.807, 2.05) is 33.8 Å². The van der Waals surface area contributed by atoms with Gasteiger partial charge in [0.15, 0.2) is 0 Å².